The molecule has 1 aromatic carbocycles. The van der Waals surface area contributed by atoms with E-state index >= 15 is 0 Å². The summed E-state index contributed by atoms with van der Waals surface area (Å²) < 4.78 is 5.30. The van der Waals surface area contributed by atoms with Gasteiger partial charge in [0, 0.05) is 25.4 Å². The van der Waals surface area contributed by atoms with E-state index in [2.05, 4.69) is 4.90 Å². The van der Waals surface area contributed by atoms with Crippen LogP contribution in [0.25, 0.3) is 0 Å². The minimum Gasteiger partial charge on any atom is -0.480 e. The third-order valence-electron chi connectivity index (χ3n) is 3.37. The van der Waals surface area contributed by atoms with Crippen LogP contribution in [0.2, 0.25) is 0 Å². The second-order valence-corrected chi connectivity index (χ2v) is 6.15. The Morgan fingerprint density at radius 1 is 1.30 bits per heavy atom. The van der Waals surface area contributed by atoms with Crippen molar-refractivity contribution < 1.29 is 14.6 Å². The molecule has 0 aromatic heterocycles. The first-order chi connectivity index (χ1) is 9.75. The molecular formula is C15H21NO3S. The summed E-state index contributed by atoms with van der Waals surface area (Å²) in [5.74, 6) is 0.130. The maximum absolute atomic E-state index is 11.3. The highest BCUT2D eigenvalue weighted by Crippen LogP contribution is 2.17. The molecule has 20 heavy (non-hydrogen) atoms. The topological polar surface area (TPSA) is 49.8 Å². The lowest BCUT2D eigenvalue weighted by atomic mass is 10.1. The average molecular weight is 295 g/mol. The number of carboxylic acid groups (broad SMARTS) is 1. The zero-order chi connectivity index (χ0) is 14.2. The molecule has 0 saturated carbocycles. The first kappa shape index (κ1) is 15.4. The molecule has 0 spiro atoms. The highest BCUT2D eigenvalue weighted by Gasteiger charge is 2.19. The Morgan fingerprint density at radius 2 is 2.00 bits per heavy atom. The molecule has 4 nitrogen and oxygen atoms in total. The van der Waals surface area contributed by atoms with E-state index < -0.39 is 5.97 Å². The Kier molecular flexibility index (Phi) is 6.36. The molecule has 1 atom stereocenters. The van der Waals surface area contributed by atoms with E-state index in [4.69, 9.17) is 4.74 Å². The summed E-state index contributed by atoms with van der Waals surface area (Å²) in [4.78, 5) is 13.7. The minimum atomic E-state index is -0.721. The van der Waals surface area contributed by atoms with Crippen molar-refractivity contribution in [3.63, 3.8) is 0 Å². The smallest absolute Gasteiger partial charge is 0.316 e. The number of hydrogen-bond donors (Lipinski definition) is 1. The van der Waals surface area contributed by atoms with Crippen molar-refractivity contribution in [3.05, 3.63) is 35.9 Å². The van der Waals surface area contributed by atoms with Crippen LogP contribution < -0.4 is 0 Å². The number of rotatable bonds is 7. The molecule has 0 amide bonds. The summed E-state index contributed by atoms with van der Waals surface area (Å²) in [6.07, 6.45) is 0.587. The van der Waals surface area contributed by atoms with Crippen LogP contribution in [0.4, 0.5) is 0 Å². The predicted molar refractivity (Wildman–Crippen MR) is 81.3 cm³/mol. The second-order valence-electron chi connectivity index (χ2n) is 4.84. The lowest BCUT2D eigenvalue weighted by Gasteiger charge is -2.26. The zero-order valence-corrected chi connectivity index (χ0v) is 12.3. The van der Waals surface area contributed by atoms with E-state index in [0.717, 1.165) is 44.2 Å². The molecule has 0 bridgehead atoms. The fourth-order valence-electron chi connectivity index (χ4n) is 2.19. The largest absolute Gasteiger partial charge is 0.480 e. The molecule has 1 aromatic rings. The highest BCUT2D eigenvalue weighted by atomic mass is 32.2. The van der Waals surface area contributed by atoms with Gasteiger partial charge in [0.05, 0.1) is 13.2 Å². The fraction of sp³-hybridized carbons (Fsp3) is 0.533. The van der Waals surface area contributed by atoms with Crippen LogP contribution in [0.3, 0.4) is 0 Å². The van der Waals surface area contributed by atoms with Gasteiger partial charge >= 0.3 is 5.97 Å². The maximum atomic E-state index is 11.3. The van der Waals surface area contributed by atoms with Crippen LogP contribution in [0, 0.1) is 0 Å². The van der Waals surface area contributed by atoms with Crippen LogP contribution in [-0.2, 0) is 16.0 Å². The molecule has 110 valence electrons. The number of benzene rings is 1. The molecule has 5 heteroatoms. The maximum Gasteiger partial charge on any atom is 0.316 e. The zero-order valence-electron chi connectivity index (χ0n) is 11.5. The van der Waals surface area contributed by atoms with Crippen molar-refractivity contribution in [2.45, 2.75) is 11.7 Å². The van der Waals surface area contributed by atoms with Gasteiger partial charge in [-0.25, -0.2) is 0 Å². The molecule has 1 aliphatic rings. The van der Waals surface area contributed by atoms with Crippen LogP contribution in [0.5, 0.6) is 0 Å². The van der Waals surface area contributed by atoms with Crippen molar-refractivity contribution in [1.82, 2.24) is 4.90 Å². The van der Waals surface area contributed by atoms with Crippen molar-refractivity contribution >= 4 is 17.7 Å². The molecule has 0 aliphatic carbocycles. The Morgan fingerprint density at radius 3 is 2.65 bits per heavy atom. The third-order valence-corrected chi connectivity index (χ3v) is 4.56. The van der Waals surface area contributed by atoms with Crippen LogP contribution in [-0.4, -0.2) is 59.8 Å². The van der Waals surface area contributed by atoms with E-state index in [1.54, 1.807) is 0 Å². The van der Waals surface area contributed by atoms with Gasteiger partial charge in [0.25, 0.3) is 0 Å². The number of ether oxygens (including phenoxy) is 1. The van der Waals surface area contributed by atoms with E-state index in [-0.39, 0.29) is 5.25 Å². The Labute approximate surface area is 124 Å². The summed E-state index contributed by atoms with van der Waals surface area (Å²) >= 11 is 1.54. The molecule has 1 aliphatic heterocycles. The van der Waals surface area contributed by atoms with Gasteiger partial charge in [0.15, 0.2) is 0 Å². The fourth-order valence-corrected chi connectivity index (χ4v) is 3.30. The molecule has 1 fully saturated rings. The summed E-state index contributed by atoms with van der Waals surface area (Å²) in [5, 5.41) is 8.95. The number of thioether (sulfide) groups is 1. The monoisotopic (exact) mass is 295 g/mol. The standard InChI is InChI=1S/C15H21NO3S/c17-15(18)14(12-13-4-2-1-3-5-13)20-11-8-16-6-9-19-10-7-16/h1-5,14H,6-12H2,(H,17,18). The van der Waals surface area contributed by atoms with Gasteiger partial charge in [-0.15, -0.1) is 11.8 Å². The summed E-state index contributed by atoms with van der Waals surface area (Å²) in [6.45, 7) is 4.43. The molecular weight excluding hydrogens is 274 g/mol. The molecule has 1 unspecified atom stereocenters. The molecule has 1 heterocycles. The number of aliphatic carboxylic acids is 1. The van der Waals surface area contributed by atoms with Gasteiger partial charge in [-0.3, -0.25) is 9.69 Å². The SMILES string of the molecule is O=C(O)C(Cc1ccccc1)SCCN1CCOCC1. The molecule has 1 saturated heterocycles. The van der Waals surface area contributed by atoms with E-state index in [9.17, 15) is 9.90 Å². The van der Waals surface area contributed by atoms with Gasteiger partial charge in [-0.1, -0.05) is 30.3 Å². The number of carboxylic acids is 1. The average Bonchev–Trinajstić information content (AvgIpc) is 2.48. The van der Waals surface area contributed by atoms with Gasteiger partial charge in [0.1, 0.15) is 5.25 Å². The summed E-state index contributed by atoms with van der Waals surface area (Å²) in [6, 6.07) is 9.82. The molecule has 1 N–H and O–H groups in total. The Hall–Kier alpha value is -1.04. The first-order valence-electron chi connectivity index (χ1n) is 6.94. The first-order valence-corrected chi connectivity index (χ1v) is 7.99. The van der Waals surface area contributed by atoms with Crippen molar-refractivity contribution in [1.29, 1.82) is 0 Å². The molecule has 2 rings (SSSR count). The minimum absolute atomic E-state index is 0.363. The normalized spacial score (nSPS) is 17.8. The Bertz CT molecular complexity index is 407. The van der Waals surface area contributed by atoms with Crippen molar-refractivity contribution in [3.8, 4) is 0 Å². The van der Waals surface area contributed by atoms with E-state index in [1.165, 1.54) is 11.8 Å². The lowest BCUT2D eigenvalue weighted by Crippen LogP contribution is -2.38. The van der Waals surface area contributed by atoms with Crippen LogP contribution in [0.1, 0.15) is 5.56 Å². The van der Waals surface area contributed by atoms with Crippen LogP contribution in [0.15, 0.2) is 30.3 Å². The summed E-state index contributed by atoms with van der Waals surface area (Å²) in [7, 11) is 0. The van der Waals surface area contributed by atoms with Crippen molar-refractivity contribution in [2.75, 3.05) is 38.6 Å². The second kappa shape index (κ2) is 8.29. The molecule has 0 radical (unpaired) electrons. The quantitative estimate of drug-likeness (QED) is 0.830. The van der Waals surface area contributed by atoms with Gasteiger partial charge in [-0.2, -0.15) is 0 Å². The number of carbonyl (C=O) groups is 1. The van der Waals surface area contributed by atoms with E-state index in [1.807, 2.05) is 30.3 Å². The third kappa shape index (κ3) is 5.15. The summed E-state index contributed by atoms with van der Waals surface area (Å²) in [5.41, 5.74) is 1.08. The number of morpholine rings is 1. The Balaban J connectivity index is 1.76. The predicted octanol–water partition coefficient (Wildman–Crippen LogP) is 1.75. The number of hydrogen-bond acceptors (Lipinski definition) is 4. The number of nitrogens with zero attached hydrogens (tertiary/aromatic N) is 1. The van der Waals surface area contributed by atoms with Gasteiger partial charge in [0.2, 0.25) is 0 Å². The lowest BCUT2D eigenvalue weighted by molar-refractivity contribution is -0.136. The van der Waals surface area contributed by atoms with Gasteiger partial charge < -0.3 is 9.84 Å². The van der Waals surface area contributed by atoms with Crippen molar-refractivity contribution in [2.24, 2.45) is 0 Å². The van der Waals surface area contributed by atoms with E-state index in [0.29, 0.717) is 6.42 Å². The van der Waals surface area contributed by atoms with Gasteiger partial charge in [-0.05, 0) is 12.0 Å². The highest BCUT2D eigenvalue weighted by molar-refractivity contribution is 8.00. The van der Waals surface area contributed by atoms with Crippen LogP contribution >= 0.6 is 11.8 Å².